The number of carbonyl (C=O) groups excluding carboxylic acids is 3. The molecule has 32 heavy (non-hydrogen) atoms. The molecule has 0 radical (unpaired) electrons. The largest absolute Gasteiger partial charge is 0.508 e. The molecule has 1 aromatic rings. The SMILES string of the molecule is Cc1ccc(O)c2c1[C@@H](O)[C@@H]1C[C@@H]3[C@@H](N(C)C)C(=O)C(C(N)=O)=C(O)[C@]3(O)C(=O)C1=C2O. The number of aliphatic hydroxyl groups is 4. The molecule has 3 aliphatic carbocycles. The Bertz CT molecular complexity index is 1150. The molecule has 10 heteroatoms. The van der Waals surface area contributed by atoms with E-state index in [4.69, 9.17) is 5.73 Å². The van der Waals surface area contributed by atoms with Gasteiger partial charge in [-0.25, -0.2) is 0 Å². The van der Waals surface area contributed by atoms with Crippen LogP contribution in [0.1, 0.15) is 29.2 Å². The maximum Gasteiger partial charge on any atom is 0.255 e. The van der Waals surface area contributed by atoms with Gasteiger partial charge >= 0.3 is 0 Å². The minimum absolute atomic E-state index is 0.145. The highest BCUT2D eigenvalue weighted by Gasteiger charge is 2.65. The lowest BCUT2D eigenvalue weighted by molar-refractivity contribution is -0.155. The standard InChI is InChI=1S/C22H24N2O8/c1-7-4-5-10(25)13-11(7)16(26)8-6-9-15(24(2)3)18(28)14(21(23)31)20(30)22(9,32)19(29)12(8)17(13)27/h4-5,8-9,15-16,25-27,30,32H,6H2,1-3H3,(H2,23,31)/t8-,9-,15-,16+,22-/m1/s1. The number of hydrogen-bond donors (Lipinski definition) is 6. The summed E-state index contributed by atoms with van der Waals surface area (Å²) in [5.74, 6) is -7.78. The molecule has 0 aliphatic heterocycles. The predicted molar refractivity (Wildman–Crippen MR) is 110 cm³/mol. The molecule has 1 amide bonds. The Labute approximate surface area is 182 Å². The van der Waals surface area contributed by atoms with Gasteiger partial charge in [0.2, 0.25) is 5.78 Å². The van der Waals surface area contributed by atoms with Gasteiger partial charge in [0.05, 0.1) is 17.7 Å². The molecule has 1 aromatic carbocycles. The number of phenols is 1. The van der Waals surface area contributed by atoms with E-state index in [1.54, 1.807) is 13.0 Å². The van der Waals surface area contributed by atoms with E-state index in [9.17, 15) is 39.9 Å². The number of likely N-dealkylation sites (N-methyl/N-ethyl adjacent to an activating group) is 1. The molecule has 0 unspecified atom stereocenters. The molecule has 0 bridgehead atoms. The molecule has 10 nitrogen and oxygen atoms in total. The van der Waals surface area contributed by atoms with E-state index in [-0.39, 0.29) is 23.3 Å². The summed E-state index contributed by atoms with van der Waals surface area (Å²) >= 11 is 0. The van der Waals surface area contributed by atoms with Crippen LogP contribution in [-0.2, 0) is 14.4 Å². The summed E-state index contributed by atoms with van der Waals surface area (Å²) in [4.78, 5) is 39.9. The molecular formula is C22H24N2O8. The minimum Gasteiger partial charge on any atom is -0.508 e. The summed E-state index contributed by atoms with van der Waals surface area (Å²) in [5.41, 5.74) is 1.90. The van der Waals surface area contributed by atoms with Crippen LogP contribution in [0.25, 0.3) is 5.76 Å². The van der Waals surface area contributed by atoms with Crippen LogP contribution in [0.3, 0.4) is 0 Å². The van der Waals surface area contributed by atoms with E-state index in [1.165, 1.54) is 25.1 Å². The molecule has 4 rings (SSSR count). The third kappa shape index (κ3) is 2.54. The minimum atomic E-state index is -2.73. The number of hydrogen-bond acceptors (Lipinski definition) is 9. The highest BCUT2D eigenvalue weighted by atomic mass is 16.3. The number of aryl methyl sites for hydroxylation is 1. The maximum atomic E-state index is 13.6. The van der Waals surface area contributed by atoms with Gasteiger partial charge in [0, 0.05) is 17.4 Å². The van der Waals surface area contributed by atoms with Crippen LogP contribution in [-0.4, -0.2) is 73.6 Å². The Morgan fingerprint density at radius 1 is 1.19 bits per heavy atom. The van der Waals surface area contributed by atoms with Gasteiger partial charge in [0.25, 0.3) is 5.91 Å². The quantitative estimate of drug-likeness (QED) is 0.335. The first-order valence-electron chi connectivity index (χ1n) is 10.0. The summed E-state index contributed by atoms with van der Waals surface area (Å²) in [6.45, 7) is 1.67. The van der Waals surface area contributed by atoms with Gasteiger partial charge in [-0.1, -0.05) is 6.07 Å². The summed E-state index contributed by atoms with van der Waals surface area (Å²) in [6, 6.07) is 1.65. The molecule has 0 saturated heterocycles. The zero-order valence-corrected chi connectivity index (χ0v) is 17.7. The Morgan fingerprint density at radius 3 is 2.38 bits per heavy atom. The van der Waals surface area contributed by atoms with Crippen molar-refractivity contribution >= 4 is 23.2 Å². The molecule has 3 aliphatic rings. The van der Waals surface area contributed by atoms with Crippen molar-refractivity contribution < 1.29 is 39.9 Å². The van der Waals surface area contributed by atoms with Crippen LogP contribution in [0.2, 0.25) is 0 Å². The smallest absolute Gasteiger partial charge is 0.255 e. The first-order valence-corrected chi connectivity index (χ1v) is 10.0. The van der Waals surface area contributed by atoms with Crippen molar-refractivity contribution in [2.75, 3.05) is 14.1 Å². The van der Waals surface area contributed by atoms with Gasteiger partial charge < -0.3 is 31.3 Å². The van der Waals surface area contributed by atoms with Crippen LogP contribution in [0.15, 0.2) is 29.0 Å². The van der Waals surface area contributed by atoms with Crippen molar-refractivity contribution in [3.8, 4) is 5.75 Å². The topological polar surface area (TPSA) is 182 Å². The average molecular weight is 444 g/mol. The molecule has 170 valence electrons. The summed E-state index contributed by atoms with van der Waals surface area (Å²) < 4.78 is 0. The number of nitrogens with zero attached hydrogens (tertiary/aromatic N) is 1. The summed E-state index contributed by atoms with van der Waals surface area (Å²) in [7, 11) is 3.01. The van der Waals surface area contributed by atoms with Crippen molar-refractivity contribution in [3.05, 3.63) is 45.7 Å². The van der Waals surface area contributed by atoms with Gasteiger partial charge in [-0.3, -0.25) is 19.3 Å². The number of ketones is 2. The lowest BCUT2D eigenvalue weighted by Gasteiger charge is -2.51. The van der Waals surface area contributed by atoms with Crippen molar-refractivity contribution in [1.29, 1.82) is 0 Å². The second-order valence-corrected chi connectivity index (χ2v) is 8.80. The monoisotopic (exact) mass is 444 g/mol. The van der Waals surface area contributed by atoms with E-state index in [2.05, 4.69) is 0 Å². The third-order valence-electron chi connectivity index (χ3n) is 6.91. The number of amides is 1. The maximum absolute atomic E-state index is 13.6. The second kappa shape index (κ2) is 6.89. The highest BCUT2D eigenvalue weighted by Crippen LogP contribution is 2.55. The summed E-state index contributed by atoms with van der Waals surface area (Å²) in [5, 5.41) is 54.6. The molecule has 0 heterocycles. The fraction of sp³-hybridized carbons (Fsp3) is 0.409. The van der Waals surface area contributed by atoms with Gasteiger partial charge in [-0.15, -0.1) is 0 Å². The fourth-order valence-corrected chi connectivity index (χ4v) is 5.46. The lowest BCUT2D eigenvalue weighted by atomic mass is 9.57. The van der Waals surface area contributed by atoms with Gasteiger partial charge in [-0.05, 0) is 44.6 Å². The molecule has 7 N–H and O–H groups in total. The number of rotatable bonds is 2. The van der Waals surface area contributed by atoms with Crippen molar-refractivity contribution in [1.82, 2.24) is 4.90 Å². The van der Waals surface area contributed by atoms with Crippen molar-refractivity contribution in [2.45, 2.75) is 31.1 Å². The fourth-order valence-electron chi connectivity index (χ4n) is 5.46. The normalized spacial score (nSPS) is 32.1. The van der Waals surface area contributed by atoms with E-state index < -0.39 is 69.7 Å². The van der Waals surface area contributed by atoms with E-state index in [0.717, 1.165) is 0 Å². The molecule has 0 aromatic heterocycles. The van der Waals surface area contributed by atoms with E-state index >= 15 is 0 Å². The van der Waals surface area contributed by atoms with Crippen molar-refractivity contribution in [3.63, 3.8) is 0 Å². The third-order valence-corrected chi connectivity index (χ3v) is 6.91. The number of phenolic OH excluding ortho intramolecular Hbond substituents is 1. The summed E-state index contributed by atoms with van der Waals surface area (Å²) in [6.07, 6.45) is -1.51. The number of aliphatic hydroxyl groups excluding tert-OH is 3. The first-order chi connectivity index (χ1) is 14.8. The van der Waals surface area contributed by atoms with E-state index in [1.807, 2.05) is 0 Å². The van der Waals surface area contributed by atoms with Gasteiger partial charge in [-0.2, -0.15) is 0 Å². The number of Topliss-reactive ketones (excluding diaryl/α,β-unsaturated/α-hetero) is 2. The molecular weight excluding hydrogens is 420 g/mol. The average Bonchev–Trinajstić information content (AvgIpc) is 2.69. The molecule has 1 saturated carbocycles. The van der Waals surface area contributed by atoms with E-state index in [0.29, 0.717) is 5.56 Å². The highest BCUT2D eigenvalue weighted by molar-refractivity contribution is 6.24. The van der Waals surface area contributed by atoms with Crippen LogP contribution >= 0.6 is 0 Å². The Morgan fingerprint density at radius 2 is 1.81 bits per heavy atom. The van der Waals surface area contributed by atoms with Gasteiger partial charge in [0.1, 0.15) is 22.8 Å². The number of carbonyl (C=O) groups is 3. The molecule has 0 spiro atoms. The number of aromatic hydroxyl groups is 1. The molecule has 1 fully saturated rings. The number of nitrogens with two attached hydrogens (primary N) is 1. The number of benzene rings is 1. The Hall–Kier alpha value is -3.21. The first kappa shape index (κ1) is 22.0. The molecule has 5 atom stereocenters. The zero-order valence-electron chi connectivity index (χ0n) is 17.7. The van der Waals surface area contributed by atoms with Crippen LogP contribution in [0, 0.1) is 18.8 Å². The Balaban J connectivity index is 2.03. The zero-order chi connectivity index (χ0) is 23.9. The second-order valence-electron chi connectivity index (χ2n) is 8.80. The lowest BCUT2D eigenvalue weighted by Crippen LogP contribution is -2.66. The van der Waals surface area contributed by atoms with Crippen LogP contribution < -0.4 is 5.73 Å². The predicted octanol–water partition coefficient (Wildman–Crippen LogP) is -0.237. The Kier molecular flexibility index (Phi) is 4.74. The van der Waals surface area contributed by atoms with Crippen molar-refractivity contribution in [2.24, 2.45) is 17.6 Å². The van der Waals surface area contributed by atoms with Crippen LogP contribution in [0.4, 0.5) is 0 Å². The van der Waals surface area contributed by atoms with Gasteiger partial charge in [0.15, 0.2) is 11.4 Å². The van der Waals surface area contributed by atoms with Crippen LogP contribution in [0.5, 0.6) is 5.75 Å². The number of primary amides is 1. The number of fused-ring (bicyclic) bond motifs is 3.